The quantitative estimate of drug-likeness (QED) is 0.713. The zero-order valence-corrected chi connectivity index (χ0v) is 15.6. The largest absolute Gasteiger partial charge is 0.374 e. The summed E-state index contributed by atoms with van der Waals surface area (Å²) in [4.78, 5) is 16.2. The SMILES string of the molecule is Cc1ccc(NC(C)C(=O)Nc2ccc(Cl)cn2)cc1NS(C)(=O)=O. The first-order chi connectivity index (χ1) is 11.6. The van der Waals surface area contributed by atoms with Crippen molar-refractivity contribution >= 4 is 44.7 Å². The molecule has 134 valence electrons. The Labute approximate surface area is 151 Å². The second-order valence-electron chi connectivity index (χ2n) is 5.62. The average molecular weight is 383 g/mol. The molecule has 0 bridgehead atoms. The number of sulfonamides is 1. The molecule has 7 nitrogen and oxygen atoms in total. The van der Waals surface area contributed by atoms with Gasteiger partial charge in [0.2, 0.25) is 15.9 Å². The van der Waals surface area contributed by atoms with Crippen LogP contribution in [-0.2, 0) is 14.8 Å². The van der Waals surface area contributed by atoms with E-state index in [4.69, 9.17) is 11.6 Å². The highest BCUT2D eigenvalue weighted by Crippen LogP contribution is 2.22. The molecule has 0 aliphatic carbocycles. The smallest absolute Gasteiger partial charge is 0.247 e. The number of amides is 1. The summed E-state index contributed by atoms with van der Waals surface area (Å²) in [5.74, 6) is 0.111. The van der Waals surface area contributed by atoms with E-state index in [1.165, 1.54) is 6.20 Å². The Morgan fingerprint density at radius 1 is 1.24 bits per heavy atom. The highest BCUT2D eigenvalue weighted by atomic mass is 35.5. The summed E-state index contributed by atoms with van der Waals surface area (Å²) < 4.78 is 25.3. The molecule has 25 heavy (non-hydrogen) atoms. The molecule has 1 atom stereocenters. The van der Waals surface area contributed by atoms with Crippen molar-refractivity contribution in [2.75, 3.05) is 21.6 Å². The number of anilines is 3. The first-order valence-electron chi connectivity index (χ1n) is 7.41. The number of hydrogen-bond acceptors (Lipinski definition) is 5. The lowest BCUT2D eigenvalue weighted by atomic mass is 10.1. The molecule has 1 heterocycles. The minimum atomic E-state index is -3.38. The van der Waals surface area contributed by atoms with Gasteiger partial charge < -0.3 is 10.6 Å². The molecule has 1 unspecified atom stereocenters. The first-order valence-corrected chi connectivity index (χ1v) is 9.68. The van der Waals surface area contributed by atoms with Crippen LogP contribution in [0.4, 0.5) is 17.2 Å². The van der Waals surface area contributed by atoms with Gasteiger partial charge in [-0.3, -0.25) is 9.52 Å². The van der Waals surface area contributed by atoms with Crippen LogP contribution >= 0.6 is 11.6 Å². The number of benzene rings is 1. The standard InChI is InChI=1S/C16H19ClN4O3S/c1-10-4-6-13(8-14(10)21-25(3,23)24)19-11(2)16(22)20-15-7-5-12(17)9-18-15/h4-9,11,19,21H,1-3H3,(H,18,20,22). The van der Waals surface area contributed by atoms with Crippen LogP contribution in [0.25, 0.3) is 0 Å². The zero-order valence-electron chi connectivity index (χ0n) is 14.0. The zero-order chi connectivity index (χ0) is 18.6. The second-order valence-corrected chi connectivity index (χ2v) is 7.81. The van der Waals surface area contributed by atoms with Gasteiger partial charge in [-0.25, -0.2) is 13.4 Å². The Hall–Kier alpha value is -2.32. The highest BCUT2D eigenvalue weighted by Gasteiger charge is 2.14. The Balaban J connectivity index is 2.06. The van der Waals surface area contributed by atoms with Gasteiger partial charge in [-0.2, -0.15) is 0 Å². The predicted molar refractivity (Wildman–Crippen MR) is 101 cm³/mol. The molecule has 9 heteroatoms. The van der Waals surface area contributed by atoms with Gasteiger partial charge in [0, 0.05) is 11.9 Å². The van der Waals surface area contributed by atoms with Crippen LogP contribution in [-0.4, -0.2) is 31.6 Å². The summed E-state index contributed by atoms with van der Waals surface area (Å²) in [5.41, 5.74) is 1.85. The van der Waals surface area contributed by atoms with Crippen LogP contribution in [0.5, 0.6) is 0 Å². The lowest BCUT2D eigenvalue weighted by Gasteiger charge is -2.17. The minimum absolute atomic E-state index is 0.284. The number of hydrogen-bond donors (Lipinski definition) is 3. The lowest BCUT2D eigenvalue weighted by molar-refractivity contribution is -0.116. The maximum atomic E-state index is 12.2. The highest BCUT2D eigenvalue weighted by molar-refractivity contribution is 7.92. The third-order valence-electron chi connectivity index (χ3n) is 3.29. The van der Waals surface area contributed by atoms with E-state index in [1.54, 1.807) is 44.2 Å². The Bertz CT molecular complexity index is 869. The van der Waals surface area contributed by atoms with Crippen LogP contribution in [0, 0.1) is 6.92 Å². The van der Waals surface area contributed by atoms with Crippen molar-refractivity contribution in [2.45, 2.75) is 19.9 Å². The molecule has 0 radical (unpaired) electrons. The van der Waals surface area contributed by atoms with E-state index in [0.29, 0.717) is 22.2 Å². The monoisotopic (exact) mass is 382 g/mol. The van der Waals surface area contributed by atoms with Crippen molar-refractivity contribution in [2.24, 2.45) is 0 Å². The van der Waals surface area contributed by atoms with Crippen LogP contribution in [0.15, 0.2) is 36.5 Å². The molecule has 0 saturated heterocycles. The third-order valence-corrected chi connectivity index (χ3v) is 4.10. The third kappa shape index (κ3) is 5.91. The number of carbonyl (C=O) groups excluding carboxylic acids is 1. The molecule has 0 aliphatic rings. The molecular weight excluding hydrogens is 364 g/mol. The number of halogens is 1. The molecular formula is C16H19ClN4O3S. The fourth-order valence-corrected chi connectivity index (χ4v) is 2.75. The van der Waals surface area contributed by atoms with Crippen molar-refractivity contribution in [1.82, 2.24) is 4.98 Å². The summed E-state index contributed by atoms with van der Waals surface area (Å²) in [6, 6.07) is 7.85. The Kier molecular flexibility index (Phi) is 5.86. The molecule has 1 aromatic heterocycles. The van der Waals surface area contributed by atoms with E-state index < -0.39 is 16.1 Å². The predicted octanol–water partition coefficient (Wildman–Crippen LogP) is 2.85. The molecule has 1 aromatic carbocycles. The van der Waals surface area contributed by atoms with E-state index in [9.17, 15) is 13.2 Å². The summed E-state index contributed by atoms with van der Waals surface area (Å²) in [7, 11) is -3.38. The molecule has 3 N–H and O–H groups in total. The van der Waals surface area contributed by atoms with Crippen molar-refractivity contribution in [1.29, 1.82) is 0 Å². The molecule has 2 rings (SSSR count). The minimum Gasteiger partial charge on any atom is -0.374 e. The van der Waals surface area contributed by atoms with Gasteiger partial charge in [-0.05, 0) is 43.7 Å². The topological polar surface area (TPSA) is 100 Å². The molecule has 0 spiro atoms. The number of nitrogens with zero attached hydrogens (tertiary/aromatic N) is 1. The molecule has 0 aliphatic heterocycles. The van der Waals surface area contributed by atoms with Crippen molar-refractivity contribution in [3.8, 4) is 0 Å². The van der Waals surface area contributed by atoms with Gasteiger partial charge in [0.15, 0.2) is 0 Å². The van der Waals surface area contributed by atoms with Crippen LogP contribution in [0.3, 0.4) is 0 Å². The maximum Gasteiger partial charge on any atom is 0.247 e. The average Bonchev–Trinajstić information content (AvgIpc) is 2.51. The van der Waals surface area contributed by atoms with Crippen molar-refractivity contribution in [3.05, 3.63) is 47.1 Å². The van der Waals surface area contributed by atoms with Gasteiger partial charge in [0.1, 0.15) is 11.9 Å². The van der Waals surface area contributed by atoms with Crippen LogP contribution < -0.4 is 15.4 Å². The first kappa shape index (κ1) is 19.0. The number of carbonyl (C=O) groups is 1. The van der Waals surface area contributed by atoms with Crippen molar-refractivity contribution < 1.29 is 13.2 Å². The Morgan fingerprint density at radius 2 is 1.96 bits per heavy atom. The molecule has 1 amide bonds. The fourth-order valence-electron chi connectivity index (χ4n) is 2.02. The van der Waals surface area contributed by atoms with E-state index >= 15 is 0 Å². The van der Waals surface area contributed by atoms with E-state index in [-0.39, 0.29) is 5.91 Å². The summed E-state index contributed by atoms with van der Waals surface area (Å²) in [6.07, 6.45) is 2.53. The van der Waals surface area contributed by atoms with Crippen LogP contribution in [0.2, 0.25) is 5.02 Å². The maximum absolute atomic E-state index is 12.2. The Morgan fingerprint density at radius 3 is 2.56 bits per heavy atom. The molecule has 0 fully saturated rings. The number of nitrogens with one attached hydrogen (secondary N) is 3. The van der Waals surface area contributed by atoms with Gasteiger partial charge in [-0.1, -0.05) is 17.7 Å². The van der Waals surface area contributed by atoms with Gasteiger partial charge >= 0.3 is 0 Å². The number of pyridine rings is 1. The number of aromatic nitrogens is 1. The number of aryl methyl sites for hydroxylation is 1. The molecule has 0 saturated carbocycles. The van der Waals surface area contributed by atoms with E-state index in [0.717, 1.165) is 11.8 Å². The number of rotatable bonds is 6. The fraction of sp³-hybridized carbons (Fsp3) is 0.250. The van der Waals surface area contributed by atoms with E-state index in [1.807, 2.05) is 0 Å². The van der Waals surface area contributed by atoms with Gasteiger partial charge in [0.25, 0.3) is 0 Å². The summed E-state index contributed by atoms with van der Waals surface area (Å²) >= 11 is 5.76. The van der Waals surface area contributed by atoms with E-state index in [2.05, 4.69) is 20.3 Å². The van der Waals surface area contributed by atoms with Gasteiger partial charge in [0.05, 0.1) is 17.0 Å². The summed E-state index contributed by atoms with van der Waals surface area (Å²) in [6.45, 7) is 3.48. The lowest BCUT2D eigenvalue weighted by Crippen LogP contribution is -2.32. The molecule has 2 aromatic rings. The van der Waals surface area contributed by atoms with Gasteiger partial charge in [-0.15, -0.1) is 0 Å². The second kappa shape index (κ2) is 7.71. The van der Waals surface area contributed by atoms with Crippen molar-refractivity contribution in [3.63, 3.8) is 0 Å². The summed E-state index contributed by atoms with van der Waals surface area (Å²) in [5, 5.41) is 6.18. The van der Waals surface area contributed by atoms with Crippen LogP contribution in [0.1, 0.15) is 12.5 Å². The normalized spacial score (nSPS) is 12.3.